The molecule has 2 heterocycles. The Morgan fingerprint density at radius 1 is 1.39 bits per heavy atom. The molecule has 2 aliphatic rings. The fourth-order valence-corrected chi connectivity index (χ4v) is 2.88. The number of nitrogens with one attached hydrogen (secondary N) is 1. The number of hydrogen-bond donors (Lipinski definition) is 1. The molecule has 2 fully saturated rings. The number of likely N-dealkylation sites (tertiary alicyclic amines) is 1. The standard InChI is InChI=1S/C14H26N2O2/c1-3-8-15-12-5-4-9-16(10-12)14(17)13-7-6-11(2)18-13/h11-13,15H,3-10H2,1-2H3. The topological polar surface area (TPSA) is 41.6 Å². The first-order chi connectivity index (χ1) is 8.70. The summed E-state index contributed by atoms with van der Waals surface area (Å²) in [7, 11) is 0. The molecule has 0 aromatic rings. The Hall–Kier alpha value is -0.610. The predicted molar refractivity (Wildman–Crippen MR) is 71.5 cm³/mol. The van der Waals surface area contributed by atoms with Gasteiger partial charge < -0.3 is 15.0 Å². The number of nitrogens with zero attached hydrogens (tertiary/aromatic N) is 1. The minimum absolute atomic E-state index is 0.176. The van der Waals surface area contributed by atoms with Crippen LogP contribution in [-0.4, -0.2) is 48.7 Å². The molecule has 3 unspecified atom stereocenters. The Morgan fingerprint density at radius 2 is 2.22 bits per heavy atom. The Morgan fingerprint density at radius 3 is 2.89 bits per heavy atom. The lowest BCUT2D eigenvalue weighted by atomic mass is 10.0. The van der Waals surface area contributed by atoms with Gasteiger partial charge >= 0.3 is 0 Å². The van der Waals surface area contributed by atoms with Crippen molar-refractivity contribution in [3.8, 4) is 0 Å². The first kappa shape index (κ1) is 13.8. The molecule has 1 N–H and O–H groups in total. The number of piperidine rings is 1. The van der Waals surface area contributed by atoms with Gasteiger partial charge in [0.15, 0.2) is 0 Å². The van der Waals surface area contributed by atoms with Crippen molar-refractivity contribution >= 4 is 5.91 Å². The van der Waals surface area contributed by atoms with Gasteiger partial charge in [0.05, 0.1) is 6.10 Å². The first-order valence-electron chi connectivity index (χ1n) is 7.38. The molecule has 2 rings (SSSR count). The highest BCUT2D eigenvalue weighted by atomic mass is 16.5. The third-order valence-electron chi connectivity index (χ3n) is 3.92. The summed E-state index contributed by atoms with van der Waals surface area (Å²) in [5.74, 6) is 0.211. The molecule has 0 aliphatic carbocycles. The van der Waals surface area contributed by atoms with E-state index in [1.165, 1.54) is 6.42 Å². The Labute approximate surface area is 110 Å². The highest BCUT2D eigenvalue weighted by molar-refractivity contribution is 5.81. The molecular formula is C14H26N2O2. The van der Waals surface area contributed by atoms with Gasteiger partial charge in [0.25, 0.3) is 5.91 Å². The smallest absolute Gasteiger partial charge is 0.251 e. The molecule has 1 amide bonds. The molecule has 0 radical (unpaired) electrons. The van der Waals surface area contributed by atoms with Crippen LogP contribution in [0.3, 0.4) is 0 Å². The average molecular weight is 254 g/mol. The zero-order valence-electron chi connectivity index (χ0n) is 11.7. The normalized spacial score (nSPS) is 32.8. The summed E-state index contributed by atoms with van der Waals surface area (Å²) in [6, 6.07) is 0.474. The molecule has 3 atom stereocenters. The summed E-state index contributed by atoms with van der Waals surface area (Å²) in [4.78, 5) is 14.3. The van der Waals surface area contributed by atoms with Gasteiger partial charge in [-0.15, -0.1) is 0 Å². The molecule has 2 aliphatic heterocycles. The lowest BCUT2D eigenvalue weighted by Crippen LogP contribution is -2.50. The van der Waals surface area contributed by atoms with Gasteiger partial charge in [0.2, 0.25) is 0 Å². The molecule has 0 saturated carbocycles. The van der Waals surface area contributed by atoms with E-state index in [0.717, 1.165) is 45.3 Å². The van der Waals surface area contributed by atoms with Crippen molar-refractivity contribution in [1.29, 1.82) is 0 Å². The van der Waals surface area contributed by atoms with E-state index in [-0.39, 0.29) is 18.1 Å². The van der Waals surface area contributed by atoms with Crippen LogP contribution in [-0.2, 0) is 9.53 Å². The predicted octanol–water partition coefficient (Wildman–Crippen LogP) is 1.54. The lowest BCUT2D eigenvalue weighted by molar-refractivity contribution is -0.144. The van der Waals surface area contributed by atoms with Crippen molar-refractivity contribution in [2.24, 2.45) is 0 Å². The quantitative estimate of drug-likeness (QED) is 0.827. The van der Waals surface area contributed by atoms with Crippen LogP contribution >= 0.6 is 0 Å². The van der Waals surface area contributed by atoms with Crippen molar-refractivity contribution in [2.45, 2.75) is 64.2 Å². The van der Waals surface area contributed by atoms with E-state index in [1.807, 2.05) is 4.90 Å². The van der Waals surface area contributed by atoms with E-state index in [9.17, 15) is 4.79 Å². The Balaban J connectivity index is 1.82. The van der Waals surface area contributed by atoms with Crippen LogP contribution in [0.1, 0.15) is 46.0 Å². The Bertz CT molecular complexity index is 283. The number of carbonyl (C=O) groups is 1. The monoisotopic (exact) mass is 254 g/mol. The van der Waals surface area contributed by atoms with Crippen LogP contribution in [0, 0.1) is 0 Å². The molecule has 0 spiro atoms. The summed E-state index contributed by atoms with van der Waals surface area (Å²) >= 11 is 0. The summed E-state index contributed by atoms with van der Waals surface area (Å²) in [5, 5.41) is 3.52. The maximum absolute atomic E-state index is 12.3. The van der Waals surface area contributed by atoms with E-state index in [1.54, 1.807) is 0 Å². The minimum Gasteiger partial charge on any atom is -0.365 e. The summed E-state index contributed by atoms with van der Waals surface area (Å²) in [6.45, 7) is 7.02. The molecule has 4 nitrogen and oxygen atoms in total. The number of carbonyl (C=O) groups excluding carboxylic acids is 1. The fourth-order valence-electron chi connectivity index (χ4n) is 2.88. The maximum Gasteiger partial charge on any atom is 0.251 e. The van der Waals surface area contributed by atoms with Crippen LogP contribution in [0.15, 0.2) is 0 Å². The van der Waals surface area contributed by atoms with Gasteiger partial charge in [0, 0.05) is 19.1 Å². The number of ether oxygens (including phenoxy) is 1. The third-order valence-corrected chi connectivity index (χ3v) is 3.92. The maximum atomic E-state index is 12.3. The summed E-state index contributed by atoms with van der Waals surface area (Å²) in [6.07, 6.45) is 5.42. The largest absolute Gasteiger partial charge is 0.365 e. The molecule has 0 aromatic heterocycles. The van der Waals surface area contributed by atoms with Gasteiger partial charge in [0.1, 0.15) is 6.10 Å². The number of rotatable bonds is 4. The molecule has 4 heteroatoms. The van der Waals surface area contributed by atoms with Crippen LogP contribution in [0.4, 0.5) is 0 Å². The summed E-state index contributed by atoms with van der Waals surface area (Å²) < 4.78 is 5.68. The fraction of sp³-hybridized carbons (Fsp3) is 0.929. The van der Waals surface area contributed by atoms with Crippen molar-refractivity contribution in [2.75, 3.05) is 19.6 Å². The van der Waals surface area contributed by atoms with Crippen LogP contribution < -0.4 is 5.32 Å². The van der Waals surface area contributed by atoms with E-state index < -0.39 is 0 Å². The Kier molecular flexibility index (Phi) is 5.01. The molecule has 0 bridgehead atoms. The number of hydrogen-bond acceptors (Lipinski definition) is 3. The van der Waals surface area contributed by atoms with Gasteiger partial charge in [-0.1, -0.05) is 6.92 Å². The summed E-state index contributed by atoms with van der Waals surface area (Å²) in [5.41, 5.74) is 0. The van der Waals surface area contributed by atoms with E-state index >= 15 is 0 Å². The van der Waals surface area contributed by atoms with Gasteiger partial charge in [-0.25, -0.2) is 0 Å². The average Bonchev–Trinajstić information content (AvgIpc) is 2.82. The second-order valence-corrected chi connectivity index (χ2v) is 5.59. The highest BCUT2D eigenvalue weighted by Gasteiger charge is 2.33. The second-order valence-electron chi connectivity index (χ2n) is 5.59. The molecule has 104 valence electrons. The second kappa shape index (κ2) is 6.53. The third kappa shape index (κ3) is 3.45. The zero-order chi connectivity index (χ0) is 13.0. The molecule has 0 aromatic carbocycles. The molecular weight excluding hydrogens is 228 g/mol. The van der Waals surface area contributed by atoms with Crippen molar-refractivity contribution in [1.82, 2.24) is 10.2 Å². The first-order valence-corrected chi connectivity index (χ1v) is 7.38. The van der Waals surface area contributed by atoms with Crippen LogP contribution in [0.5, 0.6) is 0 Å². The van der Waals surface area contributed by atoms with Gasteiger partial charge in [-0.2, -0.15) is 0 Å². The molecule has 18 heavy (non-hydrogen) atoms. The van der Waals surface area contributed by atoms with Crippen molar-refractivity contribution in [3.05, 3.63) is 0 Å². The van der Waals surface area contributed by atoms with Crippen molar-refractivity contribution in [3.63, 3.8) is 0 Å². The van der Waals surface area contributed by atoms with Gasteiger partial charge in [-0.3, -0.25) is 4.79 Å². The van der Waals surface area contributed by atoms with Crippen LogP contribution in [0.25, 0.3) is 0 Å². The van der Waals surface area contributed by atoms with E-state index in [4.69, 9.17) is 4.74 Å². The lowest BCUT2D eigenvalue weighted by Gasteiger charge is -2.34. The number of amides is 1. The SMILES string of the molecule is CCCNC1CCCN(C(=O)C2CCC(C)O2)C1. The highest BCUT2D eigenvalue weighted by Crippen LogP contribution is 2.22. The van der Waals surface area contributed by atoms with Crippen LogP contribution in [0.2, 0.25) is 0 Å². The van der Waals surface area contributed by atoms with E-state index in [0.29, 0.717) is 6.04 Å². The van der Waals surface area contributed by atoms with Crippen molar-refractivity contribution < 1.29 is 9.53 Å². The molecule has 2 saturated heterocycles. The van der Waals surface area contributed by atoms with Gasteiger partial charge in [-0.05, 0) is 45.6 Å². The van der Waals surface area contributed by atoms with E-state index in [2.05, 4.69) is 19.2 Å². The zero-order valence-corrected chi connectivity index (χ0v) is 11.7. The minimum atomic E-state index is -0.176.